The molecule has 1 aliphatic heterocycles. The molecule has 9 heavy (non-hydrogen) atoms. The molecule has 0 aliphatic carbocycles. The highest BCUT2D eigenvalue weighted by atomic mass is 32.2. The van der Waals surface area contributed by atoms with Crippen LogP contribution in [0, 0.1) is 6.54 Å². The topological polar surface area (TPSA) is 46.2 Å². The maximum atomic E-state index is 11.0. The van der Waals surface area contributed by atoms with E-state index in [2.05, 4.69) is 5.32 Å². The lowest BCUT2D eigenvalue weighted by molar-refractivity contribution is 0.577. The van der Waals surface area contributed by atoms with Crippen molar-refractivity contribution in [3.63, 3.8) is 0 Å². The molecule has 0 unspecified atom stereocenters. The maximum Gasteiger partial charge on any atom is 0.169 e. The molecule has 1 heterocycles. The molecular formula is C5H10NO2S. The van der Waals surface area contributed by atoms with E-state index in [1.807, 2.05) is 0 Å². The largest absolute Gasteiger partial charge is 0.298 e. The summed E-state index contributed by atoms with van der Waals surface area (Å²) in [6.45, 7) is 4.98. The van der Waals surface area contributed by atoms with E-state index >= 15 is 0 Å². The van der Waals surface area contributed by atoms with E-state index in [4.69, 9.17) is 0 Å². The van der Waals surface area contributed by atoms with Crippen LogP contribution in [0.15, 0.2) is 0 Å². The first kappa shape index (κ1) is 7.02. The molecule has 0 spiro atoms. The van der Waals surface area contributed by atoms with Crippen LogP contribution in [0.2, 0.25) is 0 Å². The number of rotatable bonds is 0. The van der Waals surface area contributed by atoms with Gasteiger partial charge in [0.25, 0.3) is 0 Å². The molecule has 0 bridgehead atoms. The van der Waals surface area contributed by atoms with Crippen molar-refractivity contribution in [2.45, 2.75) is 18.6 Å². The average molecular weight is 148 g/mol. The van der Waals surface area contributed by atoms with E-state index in [1.54, 1.807) is 20.4 Å². The van der Waals surface area contributed by atoms with E-state index in [0.717, 1.165) is 0 Å². The third kappa shape index (κ3) is 0.966. The summed E-state index contributed by atoms with van der Waals surface area (Å²) in [5.41, 5.74) is 0. The maximum absolute atomic E-state index is 11.0. The van der Waals surface area contributed by atoms with Gasteiger partial charge in [-0.15, -0.1) is 0 Å². The normalized spacial score (nSPS) is 30.4. The van der Waals surface area contributed by atoms with Gasteiger partial charge in [0.2, 0.25) is 0 Å². The van der Waals surface area contributed by atoms with Crippen LogP contribution < -0.4 is 5.32 Å². The van der Waals surface area contributed by atoms with E-state index < -0.39 is 14.6 Å². The van der Waals surface area contributed by atoms with E-state index in [-0.39, 0.29) is 5.88 Å². The molecule has 4 heteroatoms. The second-order valence-corrected chi connectivity index (χ2v) is 5.28. The predicted octanol–water partition coefficient (Wildman–Crippen LogP) is -0.0977. The molecule has 1 saturated heterocycles. The van der Waals surface area contributed by atoms with E-state index in [0.29, 0.717) is 0 Å². The number of nitrogens with one attached hydrogen (secondary N) is 1. The summed E-state index contributed by atoms with van der Waals surface area (Å²) in [4.78, 5) is 0. The highest BCUT2D eigenvalue weighted by Gasteiger charge is 2.39. The third-order valence-electron chi connectivity index (χ3n) is 1.52. The van der Waals surface area contributed by atoms with Crippen LogP contribution in [0.3, 0.4) is 0 Å². The Kier molecular flexibility index (Phi) is 1.33. The third-order valence-corrected chi connectivity index (χ3v) is 3.79. The molecule has 3 nitrogen and oxygen atoms in total. The van der Waals surface area contributed by atoms with Crippen LogP contribution in [0.25, 0.3) is 0 Å². The number of hydrogen-bond acceptors (Lipinski definition) is 3. The molecular weight excluding hydrogens is 138 g/mol. The van der Waals surface area contributed by atoms with Crippen LogP contribution in [0.4, 0.5) is 0 Å². The first-order chi connectivity index (χ1) is 3.96. The van der Waals surface area contributed by atoms with Gasteiger partial charge in [-0.2, -0.15) is 0 Å². The summed E-state index contributed by atoms with van der Waals surface area (Å²) in [5.74, 6) is 0.0833. The average Bonchev–Trinajstić information content (AvgIpc) is 1.81. The summed E-state index contributed by atoms with van der Waals surface area (Å²) in [6, 6.07) is 0. The molecule has 0 aromatic carbocycles. The lowest BCUT2D eigenvalue weighted by Crippen LogP contribution is -2.26. The molecule has 1 N–H and O–H groups in total. The van der Waals surface area contributed by atoms with Gasteiger partial charge in [-0.25, -0.2) is 8.42 Å². The Morgan fingerprint density at radius 3 is 2.22 bits per heavy atom. The van der Waals surface area contributed by atoms with Crippen molar-refractivity contribution < 1.29 is 8.42 Å². The predicted molar refractivity (Wildman–Crippen MR) is 35.3 cm³/mol. The van der Waals surface area contributed by atoms with E-state index in [1.165, 1.54) is 0 Å². The first-order valence-corrected chi connectivity index (χ1v) is 4.41. The van der Waals surface area contributed by atoms with Crippen LogP contribution in [-0.4, -0.2) is 19.0 Å². The van der Waals surface area contributed by atoms with Crippen LogP contribution in [-0.2, 0) is 9.84 Å². The molecule has 1 radical (unpaired) electrons. The van der Waals surface area contributed by atoms with Crippen molar-refractivity contribution in [3.8, 4) is 0 Å². The summed E-state index contributed by atoms with van der Waals surface area (Å²) in [5, 5.41) is 2.69. The van der Waals surface area contributed by atoms with Crippen LogP contribution >= 0.6 is 0 Å². The van der Waals surface area contributed by atoms with Gasteiger partial charge < -0.3 is 0 Å². The first-order valence-electron chi connectivity index (χ1n) is 2.76. The van der Waals surface area contributed by atoms with Crippen LogP contribution in [0.1, 0.15) is 13.8 Å². The molecule has 1 aliphatic rings. The Labute approximate surface area is 55.4 Å². The standard InChI is InChI=1S/C5H10NO2S/c1-5(2)3-6-4-9(5,7)8/h3,6H,4H2,1-2H3. The van der Waals surface area contributed by atoms with Crippen molar-refractivity contribution in [2.75, 3.05) is 5.88 Å². The molecule has 1 fully saturated rings. The fourth-order valence-electron chi connectivity index (χ4n) is 0.673. The lowest BCUT2D eigenvalue weighted by atomic mass is 10.2. The molecule has 0 aromatic heterocycles. The van der Waals surface area contributed by atoms with Gasteiger partial charge in [0.15, 0.2) is 9.84 Å². The van der Waals surface area contributed by atoms with Gasteiger partial charge in [0.1, 0.15) is 5.88 Å². The minimum Gasteiger partial charge on any atom is -0.298 e. The highest BCUT2D eigenvalue weighted by molar-refractivity contribution is 7.93. The summed E-state index contributed by atoms with van der Waals surface area (Å²) in [6.07, 6.45) is 0. The van der Waals surface area contributed by atoms with Crippen molar-refractivity contribution in [1.82, 2.24) is 5.32 Å². The molecule has 0 atom stereocenters. The van der Waals surface area contributed by atoms with Crippen molar-refractivity contribution in [2.24, 2.45) is 0 Å². The van der Waals surface area contributed by atoms with Crippen molar-refractivity contribution >= 4 is 9.84 Å². The zero-order valence-corrected chi connectivity index (χ0v) is 6.33. The zero-order chi connectivity index (χ0) is 7.12. The number of hydrogen-bond donors (Lipinski definition) is 1. The lowest BCUT2D eigenvalue weighted by Gasteiger charge is -2.12. The zero-order valence-electron chi connectivity index (χ0n) is 5.51. The van der Waals surface area contributed by atoms with Gasteiger partial charge in [0.05, 0.1) is 4.75 Å². The fourth-order valence-corrected chi connectivity index (χ4v) is 1.61. The second kappa shape index (κ2) is 1.70. The smallest absolute Gasteiger partial charge is 0.169 e. The van der Waals surface area contributed by atoms with Gasteiger partial charge in [-0.3, -0.25) is 5.32 Å². The summed E-state index contributed by atoms with van der Waals surface area (Å²) in [7, 11) is -2.89. The van der Waals surface area contributed by atoms with Gasteiger partial charge >= 0.3 is 0 Å². The molecule has 0 amide bonds. The Balaban J connectivity index is 3.03. The fraction of sp³-hybridized carbons (Fsp3) is 0.800. The molecule has 53 valence electrons. The number of sulfone groups is 1. The Hall–Kier alpha value is -0.0900. The minimum absolute atomic E-state index is 0.0833. The Morgan fingerprint density at radius 1 is 1.56 bits per heavy atom. The van der Waals surface area contributed by atoms with Crippen molar-refractivity contribution in [3.05, 3.63) is 6.54 Å². The molecule has 0 saturated carbocycles. The SMILES string of the molecule is CC1(C)[CH]NCS1(=O)=O. The Bertz CT molecular complexity index is 205. The van der Waals surface area contributed by atoms with Crippen molar-refractivity contribution in [1.29, 1.82) is 0 Å². The van der Waals surface area contributed by atoms with E-state index in [9.17, 15) is 8.42 Å². The summed E-state index contributed by atoms with van der Waals surface area (Å²) >= 11 is 0. The van der Waals surface area contributed by atoms with Gasteiger partial charge in [-0.1, -0.05) is 0 Å². The highest BCUT2D eigenvalue weighted by Crippen LogP contribution is 2.23. The quantitative estimate of drug-likeness (QED) is 0.522. The second-order valence-electron chi connectivity index (χ2n) is 2.71. The monoisotopic (exact) mass is 148 g/mol. The minimum atomic E-state index is -2.89. The summed E-state index contributed by atoms with van der Waals surface area (Å²) < 4.78 is 21.3. The Morgan fingerprint density at radius 2 is 2.11 bits per heavy atom. The van der Waals surface area contributed by atoms with Gasteiger partial charge in [0, 0.05) is 6.54 Å². The van der Waals surface area contributed by atoms with Gasteiger partial charge in [-0.05, 0) is 13.8 Å². The van der Waals surface area contributed by atoms with Crippen LogP contribution in [0.5, 0.6) is 0 Å². The molecule has 1 rings (SSSR count). The molecule has 0 aromatic rings.